The zero-order valence-electron chi connectivity index (χ0n) is 11.3. The highest BCUT2D eigenvalue weighted by atomic mass is 32.2. The van der Waals surface area contributed by atoms with Crippen LogP contribution in [-0.2, 0) is 16.6 Å². The van der Waals surface area contributed by atoms with E-state index in [1.807, 2.05) is 19.9 Å². The van der Waals surface area contributed by atoms with Gasteiger partial charge in [-0.05, 0) is 45.6 Å². The van der Waals surface area contributed by atoms with Gasteiger partial charge in [-0.25, -0.2) is 13.1 Å². The average molecular weight is 300 g/mol. The second kappa shape index (κ2) is 4.55. The van der Waals surface area contributed by atoms with Crippen LogP contribution in [-0.4, -0.2) is 20.0 Å². The zero-order valence-corrected chi connectivity index (χ0v) is 13.0. The van der Waals surface area contributed by atoms with Gasteiger partial charge in [0.25, 0.3) is 0 Å². The molecule has 0 atom stereocenters. The average Bonchev–Trinajstić information content (AvgIpc) is 3.20. The van der Waals surface area contributed by atoms with E-state index < -0.39 is 10.0 Å². The van der Waals surface area contributed by atoms with Crippen molar-refractivity contribution in [3.8, 4) is 0 Å². The van der Waals surface area contributed by atoms with Crippen molar-refractivity contribution in [1.82, 2.24) is 10.0 Å². The smallest absolute Gasteiger partial charge is 0.242 e. The van der Waals surface area contributed by atoms with E-state index in [2.05, 4.69) is 10.0 Å². The molecule has 106 valence electrons. The van der Waals surface area contributed by atoms with Crippen LogP contribution in [0.4, 0.5) is 0 Å². The van der Waals surface area contributed by atoms with Gasteiger partial charge in [-0.15, -0.1) is 11.3 Å². The number of hydrogen-bond acceptors (Lipinski definition) is 4. The zero-order chi connectivity index (χ0) is 13.7. The Labute approximate surface area is 118 Å². The van der Waals surface area contributed by atoms with Gasteiger partial charge in [-0.3, -0.25) is 0 Å². The fourth-order valence-corrected chi connectivity index (χ4v) is 5.13. The maximum atomic E-state index is 12.3. The fourth-order valence-electron chi connectivity index (χ4n) is 2.08. The minimum atomic E-state index is -3.36. The van der Waals surface area contributed by atoms with Gasteiger partial charge in [0.1, 0.15) is 0 Å². The van der Waals surface area contributed by atoms with Crippen LogP contribution in [0.1, 0.15) is 42.4 Å². The molecule has 3 rings (SSSR count). The third-order valence-corrected chi connectivity index (χ3v) is 6.68. The highest BCUT2D eigenvalue weighted by Crippen LogP contribution is 2.37. The largest absolute Gasteiger partial charge is 0.309 e. The Morgan fingerprint density at radius 1 is 1.42 bits per heavy atom. The van der Waals surface area contributed by atoms with E-state index in [4.69, 9.17) is 0 Å². The third kappa shape index (κ3) is 3.18. The molecule has 0 radical (unpaired) electrons. The molecule has 0 saturated heterocycles. The molecule has 0 aliphatic heterocycles. The maximum Gasteiger partial charge on any atom is 0.242 e. The number of sulfonamides is 1. The van der Waals surface area contributed by atoms with Crippen LogP contribution in [0, 0.1) is 6.92 Å². The maximum absolute atomic E-state index is 12.3. The van der Waals surface area contributed by atoms with Crippen LogP contribution in [0.3, 0.4) is 0 Å². The summed E-state index contributed by atoms with van der Waals surface area (Å²) < 4.78 is 27.5. The van der Waals surface area contributed by atoms with Gasteiger partial charge < -0.3 is 5.32 Å². The van der Waals surface area contributed by atoms with E-state index in [0.29, 0.717) is 10.9 Å². The third-order valence-electron chi connectivity index (χ3n) is 3.74. The fraction of sp³-hybridized carbons (Fsp3) is 0.692. The molecule has 2 aliphatic carbocycles. The SMILES string of the molecule is Cc1sc(CNC2CC2)cc1S(=O)(=O)NC1(C)CC1. The molecule has 0 aromatic carbocycles. The molecule has 2 N–H and O–H groups in total. The van der Waals surface area contributed by atoms with Crippen LogP contribution in [0.2, 0.25) is 0 Å². The monoisotopic (exact) mass is 300 g/mol. The Morgan fingerprint density at radius 2 is 2.11 bits per heavy atom. The Hall–Kier alpha value is -0.430. The van der Waals surface area contributed by atoms with Crippen molar-refractivity contribution < 1.29 is 8.42 Å². The number of nitrogens with one attached hydrogen (secondary N) is 2. The summed E-state index contributed by atoms with van der Waals surface area (Å²) in [6.07, 6.45) is 4.36. The molecule has 1 heterocycles. The molecule has 2 aliphatic rings. The van der Waals surface area contributed by atoms with Gasteiger partial charge in [0.05, 0.1) is 4.90 Å². The van der Waals surface area contributed by atoms with Crippen LogP contribution in [0.25, 0.3) is 0 Å². The van der Waals surface area contributed by atoms with Gasteiger partial charge in [0.15, 0.2) is 0 Å². The van der Waals surface area contributed by atoms with Gasteiger partial charge >= 0.3 is 0 Å². The van der Waals surface area contributed by atoms with E-state index in [0.717, 1.165) is 29.1 Å². The molecule has 2 fully saturated rings. The standard InChI is InChI=1S/C13H20N2O2S2/c1-9-12(19(16,17)15-13(2)5-6-13)7-11(18-9)8-14-10-3-4-10/h7,10,14-15H,3-6,8H2,1-2H3. The summed E-state index contributed by atoms with van der Waals surface area (Å²) in [6, 6.07) is 2.47. The Balaban J connectivity index is 1.75. The summed E-state index contributed by atoms with van der Waals surface area (Å²) in [6.45, 7) is 4.62. The van der Waals surface area contributed by atoms with Crippen molar-refractivity contribution in [2.75, 3.05) is 0 Å². The normalized spacial score (nSPS) is 21.6. The van der Waals surface area contributed by atoms with E-state index in [1.54, 1.807) is 11.3 Å². The molecule has 1 aromatic rings. The lowest BCUT2D eigenvalue weighted by Gasteiger charge is -2.11. The molecule has 4 nitrogen and oxygen atoms in total. The summed E-state index contributed by atoms with van der Waals surface area (Å²) in [5.74, 6) is 0. The minimum absolute atomic E-state index is 0.209. The first-order chi connectivity index (χ1) is 8.88. The molecular formula is C13H20N2O2S2. The molecule has 0 spiro atoms. The van der Waals surface area contributed by atoms with Crippen LogP contribution in [0.5, 0.6) is 0 Å². The van der Waals surface area contributed by atoms with Crippen molar-refractivity contribution in [2.24, 2.45) is 0 Å². The molecule has 0 amide bonds. The van der Waals surface area contributed by atoms with E-state index in [9.17, 15) is 8.42 Å². The first-order valence-electron chi connectivity index (χ1n) is 6.75. The minimum Gasteiger partial charge on any atom is -0.309 e. The van der Waals surface area contributed by atoms with E-state index >= 15 is 0 Å². The summed E-state index contributed by atoms with van der Waals surface area (Å²) >= 11 is 1.58. The topological polar surface area (TPSA) is 58.2 Å². The van der Waals surface area contributed by atoms with Crippen LogP contribution >= 0.6 is 11.3 Å². The Morgan fingerprint density at radius 3 is 2.68 bits per heavy atom. The second-order valence-corrected chi connectivity index (χ2v) is 8.95. The van der Waals surface area contributed by atoms with Gasteiger partial charge in [-0.1, -0.05) is 0 Å². The summed E-state index contributed by atoms with van der Waals surface area (Å²) in [5.41, 5.74) is -0.209. The highest BCUT2D eigenvalue weighted by molar-refractivity contribution is 7.89. The molecule has 2 saturated carbocycles. The van der Waals surface area contributed by atoms with E-state index in [-0.39, 0.29) is 5.54 Å². The predicted molar refractivity (Wildman–Crippen MR) is 76.9 cm³/mol. The van der Waals surface area contributed by atoms with Gasteiger partial charge in [-0.2, -0.15) is 0 Å². The van der Waals surface area contributed by atoms with Gasteiger partial charge in [0, 0.05) is 27.9 Å². The first kappa shape index (κ1) is 13.5. The predicted octanol–water partition coefficient (Wildman–Crippen LogP) is 2.14. The second-order valence-electron chi connectivity index (χ2n) is 5.95. The lowest BCUT2D eigenvalue weighted by Crippen LogP contribution is -2.34. The van der Waals surface area contributed by atoms with Crippen molar-refractivity contribution in [2.45, 2.75) is 62.6 Å². The van der Waals surface area contributed by atoms with Gasteiger partial charge in [0.2, 0.25) is 10.0 Å². The van der Waals surface area contributed by atoms with Crippen molar-refractivity contribution in [3.05, 3.63) is 15.8 Å². The number of hydrogen-bond donors (Lipinski definition) is 2. The molecular weight excluding hydrogens is 280 g/mol. The summed E-state index contributed by atoms with van der Waals surface area (Å²) in [5, 5.41) is 3.42. The highest BCUT2D eigenvalue weighted by Gasteiger charge is 2.41. The van der Waals surface area contributed by atoms with Crippen LogP contribution < -0.4 is 10.0 Å². The molecule has 0 unspecified atom stereocenters. The molecule has 1 aromatic heterocycles. The number of thiophene rings is 1. The van der Waals surface area contributed by atoms with E-state index in [1.165, 1.54) is 12.8 Å². The lowest BCUT2D eigenvalue weighted by atomic mass is 10.4. The van der Waals surface area contributed by atoms with Crippen LogP contribution in [0.15, 0.2) is 11.0 Å². The summed E-state index contributed by atoms with van der Waals surface area (Å²) in [7, 11) is -3.36. The number of rotatable bonds is 6. The Kier molecular flexibility index (Phi) is 3.24. The molecule has 6 heteroatoms. The van der Waals surface area contributed by atoms with Crippen molar-refractivity contribution in [3.63, 3.8) is 0 Å². The quantitative estimate of drug-likeness (QED) is 0.846. The van der Waals surface area contributed by atoms with Crippen molar-refractivity contribution in [1.29, 1.82) is 0 Å². The lowest BCUT2D eigenvalue weighted by molar-refractivity contribution is 0.558. The first-order valence-corrected chi connectivity index (χ1v) is 9.05. The Bertz CT molecular complexity index is 584. The van der Waals surface area contributed by atoms with Crippen molar-refractivity contribution >= 4 is 21.4 Å². The number of aryl methyl sites for hydroxylation is 1. The molecule has 19 heavy (non-hydrogen) atoms. The molecule has 0 bridgehead atoms. The summed E-state index contributed by atoms with van der Waals surface area (Å²) in [4.78, 5) is 2.44.